The highest BCUT2D eigenvalue weighted by Crippen LogP contribution is 2.33. The molecule has 0 spiro atoms. The summed E-state index contributed by atoms with van der Waals surface area (Å²) in [6, 6.07) is 6.38. The van der Waals surface area contributed by atoms with Gasteiger partial charge in [-0.05, 0) is 50.1 Å². The van der Waals surface area contributed by atoms with E-state index in [0.29, 0.717) is 12.2 Å². The van der Waals surface area contributed by atoms with E-state index >= 15 is 0 Å². The van der Waals surface area contributed by atoms with Crippen LogP contribution < -0.4 is 5.32 Å². The molecule has 0 unspecified atom stereocenters. The Balaban J connectivity index is 2.19. The number of nitrogens with one attached hydrogen (secondary N) is 1. The second kappa shape index (κ2) is 5.47. The molecule has 0 aliphatic heterocycles. The molecule has 0 atom stereocenters. The number of aromatic nitrogens is 1. The highest BCUT2D eigenvalue weighted by molar-refractivity contribution is 5.50. The van der Waals surface area contributed by atoms with Crippen LogP contribution in [0.4, 0.5) is 18.9 Å². The summed E-state index contributed by atoms with van der Waals surface area (Å²) in [6.07, 6.45) is -4.32. The van der Waals surface area contributed by atoms with E-state index in [1.54, 1.807) is 6.07 Å². The van der Waals surface area contributed by atoms with E-state index in [1.165, 1.54) is 19.1 Å². The van der Waals surface area contributed by atoms with Crippen LogP contribution >= 0.6 is 0 Å². The minimum Gasteiger partial charge on any atom is -0.381 e. The van der Waals surface area contributed by atoms with Crippen molar-refractivity contribution >= 4 is 5.69 Å². The van der Waals surface area contributed by atoms with Crippen molar-refractivity contribution in [2.24, 2.45) is 7.05 Å². The molecule has 5 heteroatoms. The van der Waals surface area contributed by atoms with Gasteiger partial charge in [-0.1, -0.05) is 6.07 Å². The number of halogens is 3. The van der Waals surface area contributed by atoms with Gasteiger partial charge in [0, 0.05) is 30.7 Å². The second-order valence-electron chi connectivity index (χ2n) is 5.34. The molecule has 0 bridgehead atoms. The average molecular weight is 296 g/mol. The first kappa shape index (κ1) is 15.5. The third-order valence-electron chi connectivity index (χ3n) is 3.91. The van der Waals surface area contributed by atoms with Gasteiger partial charge in [0.25, 0.3) is 0 Å². The molecule has 0 amide bonds. The van der Waals surface area contributed by atoms with E-state index in [1.807, 2.05) is 27.0 Å². The Bertz CT molecular complexity index is 654. The number of hydrogen-bond donors (Lipinski definition) is 1. The van der Waals surface area contributed by atoms with Crippen LogP contribution in [0.2, 0.25) is 0 Å². The fraction of sp³-hybridized carbons (Fsp3) is 0.375. The molecule has 1 N–H and O–H groups in total. The first-order valence-corrected chi connectivity index (χ1v) is 6.73. The molecule has 0 aliphatic rings. The Labute approximate surface area is 122 Å². The van der Waals surface area contributed by atoms with Crippen molar-refractivity contribution in [3.8, 4) is 0 Å². The van der Waals surface area contributed by atoms with E-state index in [2.05, 4.69) is 9.88 Å². The normalized spacial score (nSPS) is 11.8. The van der Waals surface area contributed by atoms with Gasteiger partial charge in [-0.15, -0.1) is 0 Å². The van der Waals surface area contributed by atoms with E-state index < -0.39 is 11.7 Å². The predicted octanol–water partition coefficient (Wildman–Crippen LogP) is 4.58. The maximum absolute atomic E-state index is 12.9. The molecule has 0 radical (unpaired) electrons. The van der Waals surface area contributed by atoms with Crippen molar-refractivity contribution in [3.63, 3.8) is 0 Å². The number of nitrogens with zero attached hydrogens (tertiary/aromatic N) is 1. The SMILES string of the molecule is Cc1ccc(NCc2cc(C)n(C)c2C)cc1C(F)(F)F. The van der Waals surface area contributed by atoms with Crippen LogP contribution in [-0.2, 0) is 19.8 Å². The van der Waals surface area contributed by atoms with E-state index in [0.717, 1.165) is 17.0 Å². The fourth-order valence-electron chi connectivity index (χ4n) is 2.35. The van der Waals surface area contributed by atoms with Gasteiger partial charge in [0.1, 0.15) is 0 Å². The van der Waals surface area contributed by atoms with Gasteiger partial charge in [0.05, 0.1) is 5.56 Å². The molecule has 114 valence electrons. The number of aryl methyl sites for hydroxylation is 2. The van der Waals surface area contributed by atoms with Crippen molar-refractivity contribution in [2.45, 2.75) is 33.5 Å². The molecular weight excluding hydrogens is 277 g/mol. The zero-order valence-electron chi connectivity index (χ0n) is 12.6. The molecule has 0 fully saturated rings. The smallest absolute Gasteiger partial charge is 0.381 e. The number of hydrogen-bond acceptors (Lipinski definition) is 1. The molecule has 1 heterocycles. The molecule has 0 aliphatic carbocycles. The van der Waals surface area contributed by atoms with Crippen molar-refractivity contribution in [1.82, 2.24) is 4.57 Å². The molecular formula is C16H19F3N2. The summed E-state index contributed by atoms with van der Waals surface area (Å²) in [6.45, 7) is 5.98. The molecule has 0 saturated carbocycles. The van der Waals surface area contributed by atoms with Crippen molar-refractivity contribution in [1.29, 1.82) is 0 Å². The monoisotopic (exact) mass is 296 g/mol. The molecule has 2 aromatic rings. The first-order valence-electron chi connectivity index (χ1n) is 6.73. The van der Waals surface area contributed by atoms with Gasteiger partial charge in [0.2, 0.25) is 0 Å². The average Bonchev–Trinajstić information content (AvgIpc) is 2.64. The van der Waals surface area contributed by atoms with E-state index in [4.69, 9.17) is 0 Å². The Morgan fingerprint density at radius 1 is 1.10 bits per heavy atom. The summed E-state index contributed by atoms with van der Waals surface area (Å²) in [5.41, 5.74) is 3.46. The van der Waals surface area contributed by atoms with Crippen LogP contribution in [0.15, 0.2) is 24.3 Å². The van der Waals surface area contributed by atoms with Crippen molar-refractivity contribution < 1.29 is 13.2 Å². The Morgan fingerprint density at radius 2 is 1.76 bits per heavy atom. The topological polar surface area (TPSA) is 17.0 Å². The molecule has 1 aromatic heterocycles. The van der Waals surface area contributed by atoms with Gasteiger partial charge in [0.15, 0.2) is 0 Å². The highest BCUT2D eigenvalue weighted by atomic mass is 19.4. The molecule has 21 heavy (non-hydrogen) atoms. The molecule has 2 nitrogen and oxygen atoms in total. The summed E-state index contributed by atoms with van der Waals surface area (Å²) in [5.74, 6) is 0. The summed E-state index contributed by atoms with van der Waals surface area (Å²) >= 11 is 0. The molecule has 1 aromatic carbocycles. The quantitative estimate of drug-likeness (QED) is 0.877. The maximum atomic E-state index is 12.9. The van der Waals surface area contributed by atoms with Crippen LogP contribution in [0.25, 0.3) is 0 Å². The summed E-state index contributed by atoms with van der Waals surface area (Å²) < 4.78 is 40.7. The Hall–Kier alpha value is -1.91. The van der Waals surface area contributed by atoms with Crippen LogP contribution in [0.1, 0.15) is 28.1 Å². The van der Waals surface area contributed by atoms with Crippen LogP contribution in [0.3, 0.4) is 0 Å². The van der Waals surface area contributed by atoms with Crippen molar-refractivity contribution in [2.75, 3.05) is 5.32 Å². The lowest BCUT2D eigenvalue weighted by atomic mass is 10.1. The van der Waals surface area contributed by atoms with Crippen LogP contribution in [-0.4, -0.2) is 4.57 Å². The number of anilines is 1. The van der Waals surface area contributed by atoms with E-state index in [9.17, 15) is 13.2 Å². The Morgan fingerprint density at radius 3 is 2.29 bits per heavy atom. The minimum atomic E-state index is -4.32. The maximum Gasteiger partial charge on any atom is 0.416 e. The van der Waals surface area contributed by atoms with Gasteiger partial charge < -0.3 is 9.88 Å². The standard InChI is InChI=1S/C16H19F3N2/c1-10-5-6-14(8-15(10)16(17,18)19)20-9-13-7-11(2)21(4)12(13)3/h5-8,20H,9H2,1-4H3. The zero-order valence-corrected chi connectivity index (χ0v) is 12.6. The second-order valence-corrected chi connectivity index (χ2v) is 5.34. The third-order valence-corrected chi connectivity index (χ3v) is 3.91. The lowest BCUT2D eigenvalue weighted by Gasteiger charge is -2.13. The third kappa shape index (κ3) is 3.23. The van der Waals surface area contributed by atoms with Gasteiger partial charge in [-0.2, -0.15) is 13.2 Å². The number of rotatable bonds is 3. The summed E-state index contributed by atoms with van der Waals surface area (Å²) in [5, 5.41) is 3.07. The lowest BCUT2D eigenvalue weighted by molar-refractivity contribution is -0.138. The summed E-state index contributed by atoms with van der Waals surface area (Å²) in [7, 11) is 1.97. The first-order chi connectivity index (χ1) is 9.70. The number of alkyl halides is 3. The number of benzene rings is 1. The van der Waals surface area contributed by atoms with Crippen LogP contribution in [0, 0.1) is 20.8 Å². The lowest BCUT2D eigenvalue weighted by Crippen LogP contribution is -2.09. The fourth-order valence-corrected chi connectivity index (χ4v) is 2.35. The predicted molar refractivity (Wildman–Crippen MR) is 78.4 cm³/mol. The largest absolute Gasteiger partial charge is 0.416 e. The van der Waals surface area contributed by atoms with Gasteiger partial charge in [-0.25, -0.2) is 0 Å². The van der Waals surface area contributed by atoms with E-state index in [-0.39, 0.29) is 5.56 Å². The van der Waals surface area contributed by atoms with Crippen molar-refractivity contribution in [3.05, 3.63) is 52.3 Å². The van der Waals surface area contributed by atoms with Crippen LogP contribution in [0.5, 0.6) is 0 Å². The molecule has 0 saturated heterocycles. The van der Waals surface area contributed by atoms with Gasteiger partial charge >= 0.3 is 6.18 Å². The highest BCUT2D eigenvalue weighted by Gasteiger charge is 2.32. The van der Waals surface area contributed by atoms with Gasteiger partial charge in [-0.3, -0.25) is 0 Å². The Kier molecular flexibility index (Phi) is 4.03. The minimum absolute atomic E-state index is 0.236. The molecule has 2 rings (SSSR count). The summed E-state index contributed by atoms with van der Waals surface area (Å²) in [4.78, 5) is 0. The zero-order chi connectivity index (χ0) is 15.8.